The highest BCUT2D eigenvalue weighted by Crippen LogP contribution is 2.38. The molecular weight excluding hydrogens is 965 g/mol. The number of rotatable bonds is 14. The number of hydrogen-bond donors (Lipinski definition) is 4. The topological polar surface area (TPSA) is 224 Å². The summed E-state index contributed by atoms with van der Waals surface area (Å²) >= 11 is 0. The van der Waals surface area contributed by atoms with Crippen LogP contribution in [0.25, 0.3) is 0 Å². The standard InChI is InChI=1S/C25H30N6O2.C16H28N2O3Si.C15H18N4O/c1-16(32)30-13-18(14-30)23(17-7-5-4-6-8-17)31-15-19(12-26-31)27-24(33)22-20-9-10-25(2,3)11-21(20)28-29-22;1-16(2)7-6-12-13(10-16)18(17-14(12)15(19)20)11-21-8-9-22(3,4)5;1-11(20)18-8-13(9-18)15(12-5-3-2-4-6-12)19-10-14(16)7-17-19/h4-8,12,15,18,23H,9-11,13-14H2,1-3H3,(H,27,33)(H,28,29);6-11H2,1-5H3,(H,19,20);2-7,10,13,15H,8-9,16H2,1H3. The molecule has 2 aliphatic heterocycles. The third-order valence-corrected chi connectivity index (χ3v) is 16.8. The molecule has 0 spiro atoms. The fraction of sp³-hybridized carbons (Fsp3) is 0.500. The van der Waals surface area contributed by atoms with Crippen molar-refractivity contribution in [2.24, 2.45) is 22.7 Å². The molecule has 0 bridgehead atoms. The minimum atomic E-state index is -1.11. The van der Waals surface area contributed by atoms with Crippen molar-refractivity contribution in [3.63, 3.8) is 0 Å². The van der Waals surface area contributed by atoms with Gasteiger partial charge in [0.25, 0.3) is 5.91 Å². The maximum absolute atomic E-state index is 13.0. The minimum absolute atomic E-state index is 0.00664. The van der Waals surface area contributed by atoms with Gasteiger partial charge in [0.15, 0.2) is 11.4 Å². The molecule has 75 heavy (non-hydrogen) atoms. The number of H-pyrrole nitrogens is 1. The Kier molecular flexibility index (Phi) is 16.4. The summed E-state index contributed by atoms with van der Waals surface area (Å²) in [7, 11) is -1.11. The zero-order valence-electron chi connectivity index (χ0n) is 45.2. The first kappa shape index (κ1) is 54.4. The number of carboxylic acids is 1. The summed E-state index contributed by atoms with van der Waals surface area (Å²) in [5, 5.41) is 32.9. The number of amides is 3. The average Bonchev–Trinajstić information content (AvgIpc) is 4.13. The Hall–Kier alpha value is -6.86. The maximum Gasteiger partial charge on any atom is 0.356 e. The molecule has 18 nitrogen and oxygen atoms in total. The van der Waals surface area contributed by atoms with Crippen LogP contribution in [0, 0.1) is 22.7 Å². The van der Waals surface area contributed by atoms with Crippen LogP contribution in [0.4, 0.5) is 11.4 Å². The average molecular weight is 1040 g/mol. The van der Waals surface area contributed by atoms with Crippen LogP contribution >= 0.6 is 0 Å². The van der Waals surface area contributed by atoms with Gasteiger partial charge in [0.1, 0.15) is 6.73 Å². The summed E-state index contributed by atoms with van der Waals surface area (Å²) in [4.78, 5) is 51.1. The van der Waals surface area contributed by atoms with Gasteiger partial charge in [0, 0.05) is 101 Å². The SMILES string of the molecule is CC(=O)N1CC(C(c2ccccc2)n2cc(N)cn2)C1.CC(=O)N1CC(C(c2ccccc2)n2cc(NC(=O)c3n[nH]c4c3CCC(C)(C)C4)cn2)C1.CC1(C)CCc2c(C(=O)O)nn(COCC[Si](C)(C)C)c2C1. The molecule has 2 saturated heterocycles. The highest BCUT2D eigenvalue weighted by molar-refractivity contribution is 6.76. The van der Waals surface area contributed by atoms with E-state index in [-0.39, 0.29) is 52.2 Å². The second-order valence-electron chi connectivity index (χ2n) is 23.6. The predicted octanol–water partition coefficient (Wildman–Crippen LogP) is 8.38. The van der Waals surface area contributed by atoms with Gasteiger partial charge in [-0.1, -0.05) is 108 Å². The molecule has 3 amide bonds. The Morgan fingerprint density at radius 1 is 0.773 bits per heavy atom. The molecule has 2 fully saturated rings. The van der Waals surface area contributed by atoms with Crippen molar-refractivity contribution in [2.75, 3.05) is 43.8 Å². The normalized spacial score (nSPS) is 17.6. The third kappa shape index (κ3) is 13.3. The van der Waals surface area contributed by atoms with Gasteiger partial charge in [-0.15, -0.1) is 0 Å². The number of aromatic nitrogens is 8. The number of nitrogens with two attached hydrogens (primary N) is 1. The van der Waals surface area contributed by atoms with Crippen molar-refractivity contribution in [2.45, 2.75) is 125 Å². The van der Waals surface area contributed by atoms with Crippen LogP contribution in [0.15, 0.2) is 85.5 Å². The molecule has 10 rings (SSSR count). The number of carbonyl (C=O) groups excluding carboxylic acids is 3. The highest BCUT2D eigenvalue weighted by atomic mass is 28.3. The predicted molar refractivity (Wildman–Crippen MR) is 291 cm³/mol. The first-order chi connectivity index (χ1) is 35.5. The Bertz CT molecular complexity index is 2940. The number of carbonyl (C=O) groups is 4. The van der Waals surface area contributed by atoms with E-state index >= 15 is 0 Å². The lowest BCUT2D eigenvalue weighted by Crippen LogP contribution is -2.52. The Morgan fingerprint density at radius 3 is 1.83 bits per heavy atom. The summed E-state index contributed by atoms with van der Waals surface area (Å²) in [6.07, 6.45) is 12.5. The molecule has 0 radical (unpaired) electrons. The molecule has 2 atom stereocenters. The Morgan fingerprint density at radius 2 is 1.31 bits per heavy atom. The Balaban J connectivity index is 0.000000156. The fourth-order valence-corrected chi connectivity index (χ4v) is 11.4. The van der Waals surface area contributed by atoms with Crippen molar-refractivity contribution in [1.82, 2.24) is 49.3 Å². The fourth-order valence-electron chi connectivity index (χ4n) is 10.6. The van der Waals surface area contributed by atoms with Gasteiger partial charge >= 0.3 is 5.97 Å². The lowest BCUT2D eigenvalue weighted by molar-refractivity contribution is -0.136. The van der Waals surface area contributed by atoms with Gasteiger partial charge in [0.05, 0.1) is 35.9 Å². The summed E-state index contributed by atoms with van der Waals surface area (Å²) in [6.45, 7) is 23.1. The van der Waals surface area contributed by atoms with Gasteiger partial charge in [-0.2, -0.15) is 20.4 Å². The van der Waals surface area contributed by atoms with Gasteiger partial charge in [-0.3, -0.25) is 28.8 Å². The van der Waals surface area contributed by atoms with Crippen molar-refractivity contribution >= 4 is 43.1 Å². The molecule has 0 saturated carbocycles. The summed E-state index contributed by atoms with van der Waals surface area (Å²) in [5.74, 6) is -0.279. The second kappa shape index (κ2) is 22.5. The highest BCUT2D eigenvalue weighted by Gasteiger charge is 2.39. The van der Waals surface area contributed by atoms with Crippen molar-refractivity contribution in [3.8, 4) is 0 Å². The van der Waals surface area contributed by atoms with E-state index in [2.05, 4.69) is 102 Å². The van der Waals surface area contributed by atoms with Crippen LogP contribution in [0.1, 0.15) is 121 Å². The zero-order chi connectivity index (χ0) is 53.8. The largest absolute Gasteiger partial charge is 0.476 e. The van der Waals surface area contributed by atoms with E-state index in [1.807, 2.05) is 68.0 Å². The number of fused-ring (bicyclic) bond motifs is 2. The molecule has 6 heterocycles. The maximum atomic E-state index is 13.0. The number of aromatic amines is 1. The van der Waals surface area contributed by atoms with E-state index in [1.54, 1.807) is 30.9 Å². The zero-order valence-corrected chi connectivity index (χ0v) is 46.2. The van der Waals surface area contributed by atoms with Gasteiger partial charge < -0.3 is 30.7 Å². The van der Waals surface area contributed by atoms with Crippen molar-refractivity contribution < 1.29 is 29.0 Å². The van der Waals surface area contributed by atoms with Crippen LogP contribution in [-0.4, -0.2) is 119 Å². The second-order valence-corrected chi connectivity index (χ2v) is 29.3. The Labute approximate surface area is 441 Å². The van der Waals surface area contributed by atoms with Crippen molar-refractivity contribution in [3.05, 3.63) is 130 Å². The number of nitrogen functional groups attached to an aromatic ring is 1. The number of carboxylic acid groups (broad SMARTS) is 1. The third-order valence-electron chi connectivity index (χ3n) is 15.1. The number of ether oxygens (including phenoxy) is 1. The van der Waals surface area contributed by atoms with E-state index in [0.717, 1.165) is 92.3 Å². The first-order valence-corrected chi connectivity index (χ1v) is 30.0. The van der Waals surface area contributed by atoms with Gasteiger partial charge in [-0.25, -0.2) is 9.48 Å². The van der Waals surface area contributed by atoms with Crippen LogP contribution in [0.3, 0.4) is 0 Å². The quantitative estimate of drug-likeness (QED) is 0.0599. The molecule has 2 unspecified atom stereocenters. The minimum Gasteiger partial charge on any atom is -0.476 e. The molecule has 6 aromatic rings. The molecule has 4 aliphatic rings. The van der Waals surface area contributed by atoms with E-state index in [9.17, 15) is 24.3 Å². The summed E-state index contributed by atoms with van der Waals surface area (Å²) in [5.41, 5.74) is 14.6. The van der Waals surface area contributed by atoms with Crippen LogP contribution in [0.5, 0.6) is 0 Å². The van der Waals surface area contributed by atoms with E-state index in [0.29, 0.717) is 42.8 Å². The molecule has 4 aromatic heterocycles. The number of benzene rings is 2. The number of aromatic carboxylic acids is 1. The number of anilines is 2. The number of likely N-dealkylation sites (tertiary alicyclic amines) is 2. The summed E-state index contributed by atoms with van der Waals surface area (Å²) in [6, 6.07) is 21.6. The van der Waals surface area contributed by atoms with E-state index < -0.39 is 14.0 Å². The van der Waals surface area contributed by atoms with Gasteiger partial charge in [-0.05, 0) is 66.5 Å². The smallest absolute Gasteiger partial charge is 0.356 e. The van der Waals surface area contributed by atoms with Crippen LogP contribution < -0.4 is 11.1 Å². The number of hydrogen-bond acceptors (Lipinski definition) is 10. The molecule has 5 N–H and O–H groups in total. The number of nitrogens with one attached hydrogen (secondary N) is 2. The lowest BCUT2D eigenvalue weighted by Gasteiger charge is -2.43. The van der Waals surface area contributed by atoms with Crippen LogP contribution in [0.2, 0.25) is 25.7 Å². The molecule has 2 aromatic carbocycles. The number of nitrogens with zero attached hydrogens (tertiary/aromatic N) is 9. The molecule has 2 aliphatic carbocycles. The molecular formula is C56H76N12O6Si. The van der Waals surface area contributed by atoms with E-state index in [4.69, 9.17) is 10.5 Å². The molecule has 400 valence electrons. The molecule has 19 heteroatoms. The van der Waals surface area contributed by atoms with Gasteiger partial charge in [0.2, 0.25) is 11.8 Å². The van der Waals surface area contributed by atoms with E-state index in [1.165, 1.54) is 5.56 Å². The van der Waals surface area contributed by atoms with Crippen LogP contribution in [-0.2, 0) is 46.7 Å². The first-order valence-electron chi connectivity index (χ1n) is 26.3. The lowest BCUT2D eigenvalue weighted by atomic mass is 9.76. The monoisotopic (exact) mass is 1040 g/mol. The summed E-state index contributed by atoms with van der Waals surface area (Å²) < 4.78 is 11.3. The van der Waals surface area contributed by atoms with Crippen molar-refractivity contribution in [1.29, 1.82) is 0 Å².